The van der Waals surface area contributed by atoms with Crippen LogP contribution in [0.25, 0.3) is 0 Å². The van der Waals surface area contributed by atoms with E-state index in [4.69, 9.17) is 4.74 Å². The van der Waals surface area contributed by atoms with Crippen LogP contribution in [0.3, 0.4) is 0 Å². The second-order valence-electron chi connectivity index (χ2n) is 7.73. The number of nitrogens with zero attached hydrogens (tertiary/aromatic N) is 1. The third kappa shape index (κ3) is 5.82. The van der Waals surface area contributed by atoms with Crippen molar-refractivity contribution in [2.24, 2.45) is 5.92 Å². The zero-order valence-corrected chi connectivity index (χ0v) is 18.5. The standard InChI is InChI=1S/C23H27BrN2O3/c1-16(2)15-29-21-10-9-18(24)14-20(21)22(27)25-19-8-6-7-17(13-19)23(28)26-11-4-3-5-12-26/h6-10,13-14,16H,3-5,11-12,15H2,1-2H3,(H,25,27). The van der Waals surface area contributed by atoms with Crippen LogP contribution in [0.5, 0.6) is 5.75 Å². The summed E-state index contributed by atoms with van der Waals surface area (Å²) < 4.78 is 6.61. The molecule has 1 aliphatic rings. The first kappa shape index (κ1) is 21.4. The number of likely N-dealkylation sites (tertiary alicyclic amines) is 1. The van der Waals surface area contributed by atoms with E-state index >= 15 is 0 Å². The summed E-state index contributed by atoms with van der Waals surface area (Å²) in [6.45, 7) is 6.24. The molecule has 1 aliphatic heterocycles. The van der Waals surface area contributed by atoms with Gasteiger partial charge >= 0.3 is 0 Å². The molecule has 1 fully saturated rings. The molecule has 154 valence electrons. The predicted molar refractivity (Wildman–Crippen MR) is 119 cm³/mol. The van der Waals surface area contributed by atoms with E-state index in [2.05, 4.69) is 35.1 Å². The average molecular weight is 459 g/mol. The molecule has 1 saturated heterocycles. The highest BCUT2D eigenvalue weighted by atomic mass is 79.9. The highest BCUT2D eigenvalue weighted by Crippen LogP contribution is 2.25. The van der Waals surface area contributed by atoms with E-state index in [0.29, 0.717) is 35.1 Å². The van der Waals surface area contributed by atoms with E-state index in [-0.39, 0.29) is 11.8 Å². The van der Waals surface area contributed by atoms with Crippen molar-refractivity contribution in [2.75, 3.05) is 25.0 Å². The maximum Gasteiger partial charge on any atom is 0.259 e. The van der Waals surface area contributed by atoms with Crippen molar-refractivity contribution in [2.45, 2.75) is 33.1 Å². The van der Waals surface area contributed by atoms with Crippen LogP contribution in [0, 0.1) is 5.92 Å². The highest BCUT2D eigenvalue weighted by Gasteiger charge is 2.19. The van der Waals surface area contributed by atoms with E-state index in [1.165, 1.54) is 6.42 Å². The number of hydrogen-bond donors (Lipinski definition) is 1. The second kappa shape index (κ2) is 9.92. The van der Waals surface area contributed by atoms with Crippen molar-refractivity contribution in [1.29, 1.82) is 0 Å². The van der Waals surface area contributed by atoms with Crippen molar-refractivity contribution in [1.82, 2.24) is 4.90 Å². The van der Waals surface area contributed by atoms with Crippen LogP contribution in [0.15, 0.2) is 46.9 Å². The van der Waals surface area contributed by atoms with Gasteiger partial charge in [0, 0.05) is 28.8 Å². The monoisotopic (exact) mass is 458 g/mol. The summed E-state index contributed by atoms with van der Waals surface area (Å²) in [7, 11) is 0. The lowest BCUT2D eigenvalue weighted by atomic mass is 10.1. The van der Waals surface area contributed by atoms with Gasteiger partial charge in [-0.05, 0) is 61.6 Å². The number of carbonyl (C=O) groups excluding carboxylic acids is 2. The summed E-state index contributed by atoms with van der Waals surface area (Å²) in [4.78, 5) is 27.5. The third-order valence-electron chi connectivity index (χ3n) is 4.77. The Morgan fingerprint density at radius 3 is 2.59 bits per heavy atom. The zero-order valence-electron chi connectivity index (χ0n) is 16.9. The molecular formula is C23H27BrN2O3. The smallest absolute Gasteiger partial charge is 0.259 e. The SMILES string of the molecule is CC(C)COc1ccc(Br)cc1C(=O)Nc1cccc(C(=O)N2CCCCC2)c1. The van der Waals surface area contributed by atoms with Gasteiger partial charge in [0.25, 0.3) is 11.8 Å². The molecule has 0 aromatic heterocycles. The van der Waals surface area contributed by atoms with Crippen molar-refractivity contribution in [3.05, 3.63) is 58.1 Å². The van der Waals surface area contributed by atoms with Crippen LogP contribution < -0.4 is 10.1 Å². The molecule has 0 atom stereocenters. The van der Waals surface area contributed by atoms with Crippen molar-refractivity contribution < 1.29 is 14.3 Å². The minimum atomic E-state index is -0.271. The Morgan fingerprint density at radius 2 is 1.86 bits per heavy atom. The summed E-state index contributed by atoms with van der Waals surface area (Å²) in [6.07, 6.45) is 3.27. The summed E-state index contributed by atoms with van der Waals surface area (Å²) in [6, 6.07) is 12.5. The topological polar surface area (TPSA) is 58.6 Å². The van der Waals surface area contributed by atoms with Gasteiger partial charge in [-0.1, -0.05) is 35.8 Å². The van der Waals surface area contributed by atoms with Crippen molar-refractivity contribution >= 4 is 33.4 Å². The number of benzene rings is 2. The molecule has 0 unspecified atom stereocenters. The predicted octanol–water partition coefficient (Wildman–Crippen LogP) is 5.36. The van der Waals surface area contributed by atoms with E-state index in [1.807, 2.05) is 11.0 Å². The first-order chi connectivity index (χ1) is 13.9. The minimum Gasteiger partial charge on any atom is -0.492 e. The molecule has 5 nitrogen and oxygen atoms in total. The minimum absolute atomic E-state index is 0.0178. The van der Waals surface area contributed by atoms with E-state index in [1.54, 1.807) is 36.4 Å². The van der Waals surface area contributed by atoms with Gasteiger partial charge in [-0.25, -0.2) is 0 Å². The number of anilines is 1. The number of ether oxygens (including phenoxy) is 1. The lowest BCUT2D eigenvalue weighted by molar-refractivity contribution is 0.0724. The normalized spacial score (nSPS) is 14.0. The summed E-state index contributed by atoms with van der Waals surface area (Å²) in [5, 5.41) is 2.90. The van der Waals surface area contributed by atoms with Crippen LogP contribution >= 0.6 is 15.9 Å². The van der Waals surface area contributed by atoms with Crippen LogP contribution in [0.4, 0.5) is 5.69 Å². The van der Waals surface area contributed by atoms with Gasteiger partial charge in [0.1, 0.15) is 5.75 Å². The first-order valence-corrected chi connectivity index (χ1v) is 10.9. The largest absolute Gasteiger partial charge is 0.492 e. The molecule has 0 aliphatic carbocycles. The van der Waals surface area contributed by atoms with Gasteiger partial charge in [-0.15, -0.1) is 0 Å². The van der Waals surface area contributed by atoms with E-state index in [0.717, 1.165) is 30.4 Å². The Kier molecular flexibility index (Phi) is 7.31. The van der Waals surface area contributed by atoms with Gasteiger partial charge in [-0.2, -0.15) is 0 Å². The lowest BCUT2D eigenvalue weighted by Crippen LogP contribution is -2.35. The number of hydrogen-bond acceptors (Lipinski definition) is 3. The molecule has 3 rings (SSSR count). The number of piperidine rings is 1. The van der Waals surface area contributed by atoms with Gasteiger partial charge in [0.05, 0.1) is 12.2 Å². The van der Waals surface area contributed by atoms with Gasteiger partial charge in [-0.3, -0.25) is 9.59 Å². The molecular weight excluding hydrogens is 432 g/mol. The zero-order chi connectivity index (χ0) is 20.8. The first-order valence-electron chi connectivity index (χ1n) is 10.1. The molecule has 1 N–H and O–H groups in total. The van der Waals surface area contributed by atoms with Crippen molar-refractivity contribution in [3.8, 4) is 5.75 Å². The number of halogens is 1. The number of nitrogens with one attached hydrogen (secondary N) is 1. The second-order valence-corrected chi connectivity index (χ2v) is 8.65. The maximum atomic E-state index is 12.9. The molecule has 2 amide bonds. The molecule has 0 bridgehead atoms. The van der Waals surface area contributed by atoms with Crippen LogP contribution in [-0.4, -0.2) is 36.4 Å². The Balaban J connectivity index is 1.75. The Hall–Kier alpha value is -2.34. The Labute approximate surface area is 180 Å². The summed E-state index contributed by atoms with van der Waals surface area (Å²) >= 11 is 3.42. The maximum absolute atomic E-state index is 12.9. The van der Waals surface area contributed by atoms with Crippen LogP contribution in [0.2, 0.25) is 0 Å². The summed E-state index contributed by atoms with van der Waals surface area (Å²) in [5.74, 6) is 0.642. The Bertz CT molecular complexity index is 876. The van der Waals surface area contributed by atoms with Crippen LogP contribution in [-0.2, 0) is 0 Å². The fourth-order valence-corrected chi connectivity index (χ4v) is 3.63. The quantitative estimate of drug-likeness (QED) is 0.633. The van der Waals surface area contributed by atoms with Crippen molar-refractivity contribution in [3.63, 3.8) is 0 Å². The molecule has 6 heteroatoms. The Morgan fingerprint density at radius 1 is 1.10 bits per heavy atom. The average Bonchev–Trinajstić information content (AvgIpc) is 2.73. The molecule has 0 spiro atoms. The number of rotatable bonds is 6. The molecule has 1 heterocycles. The van der Waals surface area contributed by atoms with E-state index < -0.39 is 0 Å². The molecule has 2 aromatic carbocycles. The van der Waals surface area contributed by atoms with Gasteiger partial charge in [0.2, 0.25) is 0 Å². The molecule has 0 radical (unpaired) electrons. The fourth-order valence-electron chi connectivity index (χ4n) is 3.27. The lowest BCUT2D eigenvalue weighted by Gasteiger charge is -2.26. The van der Waals surface area contributed by atoms with E-state index in [9.17, 15) is 9.59 Å². The van der Waals surface area contributed by atoms with Crippen LogP contribution in [0.1, 0.15) is 53.8 Å². The van der Waals surface area contributed by atoms with Gasteiger partial charge in [0.15, 0.2) is 0 Å². The summed E-state index contributed by atoms with van der Waals surface area (Å²) in [5.41, 5.74) is 1.63. The number of carbonyl (C=O) groups is 2. The molecule has 2 aromatic rings. The van der Waals surface area contributed by atoms with Gasteiger partial charge < -0.3 is 15.0 Å². The number of amides is 2. The third-order valence-corrected chi connectivity index (χ3v) is 5.26. The fraction of sp³-hybridized carbons (Fsp3) is 0.391. The molecule has 0 saturated carbocycles. The molecule has 29 heavy (non-hydrogen) atoms. The highest BCUT2D eigenvalue weighted by molar-refractivity contribution is 9.10.